The number of aliphatic hydroxyl groups excluding tert-OH is 1. The summed E-state index contributed by atoms with van der Waals surface area (Å²) in [5, 5.41) is 10.3. The molecule has 6 heteroatoms. The van der Waals surface area contributed by atoms with E-state index in [0.717, 1.165) is 24.3 Å². The van der Waals surface area contributed by atoms with Gasteiger partial charge in [-0.3, -0.25) is 9.69 Å². The lowest BCUT2D eigenvalue weighted by Crippen LogP contribution is -2.42. The number of likely N-dealkylation sites (tertiary alicyclic amines) is 1. The van der Waals surface area contributed by atoms with Gasteiger partial charge in [0.25, 0.3) is 5.91 Å². The molecule has 0 aliphatic carbocycles. The second kappa shape index (κ2) is 6.86. The van der Waals surface area contributed by atoms with Crippen LogP contribution >= 0.6 is 0 Å². The molecule has 0 aromatic heterocycles. The molecule has 2 heterocycles. The molecule has 0 radical (unpaired) electrons. The molecule has 0 bridgehead atoms. The molecule has 1 fully saturated rings. The number of rotatable bonds is 5. The zero-order chi connectivity index (χ0) is 16.4. The quantitative estimate of drug-likeness (QED) is 0.850. The van der Waals surface area contributed by atoms with E-state index in [4.69, 9.17) is 9.47 Å². The number of aliphatic hydroxyl groups is 1. The number of hydrogen-bond donors (Lipinski definition) is 1. The first kappa shape index (κ1) is 16.2. The number of amides is 1. The summed E-state index contributed by atoms with van der Waals surface area (Å²) in [5.74, 6) is 0.849. The zero-order valence-electron chi connectivity index (χ0n) is 13.7. The molecule has 0 saturated carbocycles. The third-order valence-corrected chi connectivity index (χ3v) is 4.70. The number of β-amino-alcohol motifs (C(OH)–C–C–N with tert-alkyl or cyclic N) is 1. The Morgan fingerprint density at radius 1 is 1.48 bits per heavy atom. The lowest BCUT2D eigenvalue weighted by Gasteiger charge is -2.25. The Hall–Kier alpha value is -1.63. The predicted molar refractivity (Wildman–Crippen MR) is 85.8 cm³/mol. The van der Waals surface area contributed by atoms with Gasteiger partial charge in [0.05, 0.1) is 25.4 Å². The molecule has 1 aromatic carbocycles. The Balaban J connectivity index is 1.67. The van der Waals surface area contributed by atoms with Gasteiger partial charge in [0.2, 0.25) is 0 Å². The van der Waals surface area contributed by atoms with Crippen molar-refractivity contribution in [2.24, 2.45) is 0 Å². The molecular weight excluding hydrogens is 296 g/mol. The molecule has 2 atom stereocenters. The van der Waals surface area contributed by atoms with Gasteiger partial charge in [-0.15, -0.1) is 0 Å². The van der Waals surface area contributed by atoms with Gasteiger partial charge < -0.3 is 19.5 Å². The average molecular weight is 320 g/mol. The summed E-state index contributed by atoms with van der Waals surface area (Å²) < 4.78 is 10.6. The number of benzene rings is 1. The van der Waals surface area contributed by atoms with Crippen LogP contribution in [-0.2, 0) is 11.2 Å². The number of carbonyl (C=O) groups excluding carboxylic acids is 1. The molecule has 2 aliphatic heterocycles. The van der Waals surface area contributed by atoms with E-state index in [9.17, 15) is 9.90 Å². The molecule has 1 aromatic rings. The fourth-order valence-corrected chi connectivity index (χ4v) is 3.27. The second-order valence-electron chi connectivity index (χ2n) is 6.24. The van der Waals surface area contributed by atoms with E-state index in [0.29, 0.717) is 31.9 Å². The first-order valence-electron chi connectivity index (χ1n) is 8.02. The van der Waals surface area contributed by atoms with Crippen LogP contribution in [0.25, 0.3) is 0 Å². The summed E-state index contributed by atoms with van der Waals surface area (Å²) in [6.07, 6.45) is 0.320. The summed E-state index contributed by atoms with van der Waals surface area (Å²) in [7, 11) is 3.61. The van der Waals surface area contributed by atoms with E-state index in [2.05, 4.69) is 4.90 Å². The van der Waals surface area contributed by atoms with Crippen molar-refractivity contribution in [3.63, 3.8) is 0 Å². The molecule has 1 N–H and O–H groups in total. The summed E-state index contributed by atoms with van der Waals surface area (Å²) in [4.78, 5) is 16.5. The maximum absolute atomic E-state index is 12.7. The maximum atomic E-state index is 12.7. The van der Waals surface area contributed by atoms with Crippen molar-refractivity contribution in [3.05, 3.63) is 29.3 Å². The summed E-state index contributed by atoms with van der Waals surface area (Å²) in [6, 6.07) is 5.54. The van der Waals surface area contributed by atoms with Crippen LogP contribution in [0.1, 0.15) is 15.9 Å². The highest BCUT2D eigenvalue weighted by atomic mass is 16.5. The first-order chi connectivity index (χ1) is 11.1. The molecular formula is C17H24N2O4. The van der Waals surface area contributed by atoms with Crippen LogP contribution < -0.4 is 4.74 Å². The van der Waals surface area contributed by atoms with Gasteiger partial charge in [-0.25, -0.2) is 0 Å². The molecule has 2 aliphatic rings. The molecule has 6 nitrogen and oxygen atoms in total. The second-order valence-corrected chi connectivity index (χ2v) is 6.24. The number of nitrogens with zero attached hydrogens (tertiary/aromatic N) is 2. The van der Waals surface area contributed by atoms with Crippen LogP contribution in [0.15, 0.2) is 18.2 Å². The van der Waals surface area contributed by atoms with Crippen molar-refractivity contribution in [2.45, 2.75) is 18.6 Å². The van der Waals surface area contributed by atoms with Crippen LogP contribution in [0, 0.1) is 0 Å². The van der Waals surface area contributed by atoms with Gasteiger partial charge in [0, 0.05) is 38.7 Å². The van der Waals surface area contributed by atoms with Crippen LogP contribution in [0.4, 0.5) is 0 Å². The highest BCUT2D eigenvalue weighted by Gasteiger charge is 2.36. The number of ether oxygens (including phenoxy) is 2. The fraction of sp³-hybridized carbons (Fsp3) is 0.588. The standard InChI is InChI=1S/C17H24N2O4/c1-18(6-8-22-2)14-10-19(11-15(14)20)17(21)13-3-4-16-12(9-13)5-7-23-16/h3-4,9,14-15,20H,5-8,10-11H2,1-2H3/t14-,15-/m1/s1. The van der Waals surface area contributed by atoms with E-state index in [1.807, 2.05) is 19.2 Å². The lowest BCUT2D eigenvalue weighted by molar-refractivity contribution is 0.0752. The Morgan fingerprint density at radius 3 is 3.09 bits per heavy atom. The van der Waals surface area contributed by atoms with Crippen molar-refractivity contribution < 1.29 is 19.4 Å². The normalized spacial score (nSPS) is 23.2. The van der Waals surface area contributed by atoms with Gasteiger partial charge in [-0.05, 0) is 30.8 Å². The van der Waals surface area contributed by atoms with Crippen molar-refractivity contribution in [2.75, 3.05) is 47.0 Å². The van der Waals surface area contributed by atoms with Crippen LogP contribution in [-0.4, -0.2) is 80.0 Å². The number of carbonyl (C=O) groups is 1. The smallest absolute Gasteiger partial charge is 0.254 e. The van der Waals surface area contributed by atoms with E-state index in [1.165, 1.54) is 0 Å². The largest absolute Gasteiger partial charge is 0.493 e. The highest BCUT2D eigenvalue weighted by molar-refractivity contribution is 5.95. The van der Waals surface area contributed by atoms with Gasteiger partial charge in [-0.1, -0.05) is 0 Å². The minimum Gasteiger partial charge on any atom is -0.493 e. The van der Waals surface area contributed by atoms with Crippen molar-refractivity contribution >= 4 is 5.91 Å². The minimum absolute atomic E-state index is 0.0265. The number of methoxy groups -OCH3 is 1. The molecule has 0 spiro atoms. The third-order valence-electron chi connectivity index (χ3n) is 4.70. The zero-order valence-corrected chi connectivity index (χ0v) is 13.7. The molecule has 1 saturated heterocycles. The van der Waals surface area contributed by atoms with E-state index in [-0.39, 0.29) is 11.9 Å². The Kier molecular flexibility index (Phi) is 4.84. The van der Waals surface area contributed by atoms with Crippen molar-refractivity contribution in [1.29, 1.82) is 0 Å². The highest BCUT2D eigenvalue weighted by Crippen LogP contribution is 2.27. The summed E-state index contributed by atoms with van der Waals surface area (Å²) >= 11 is 0. The van der Waals surface area contributed by atoms with Gasteiger partial charge in [0.15, 0.2) is 0 Å². The summed E-state index contributed by atoms with van der Waals surface area (Å²) in [5.41, 5.74) is 1.76. The van der Waals surface area contributed by atoms with Gasteiger partial charge in [-0.2, -0.15) is 0 Å². The Morgan fingerprint density at radius 2 is 2.30 bits per heavy atom. The minimum atomic E-state index is -0.529. The predicted octanol–water partition coefficient (Wildman–Crippen LogP) is 0.385. The average Bonchev–Trinajstić information content (AvgIpc) is 3.17. The molecule has 3 rings (SSSR count). The van der Waals surface area contributed by atoms with E-state index < -0.39 is 6.10 Å². The molecule has 126 valence electrons. The third kappa shape index (κ3) is 3.34. The van der Waals surface area contributed by atoms with Gasteiger partial charge >= 0.3 is 0 Å². The Labute approximate surface area is 136 Å². The first-order valence-corrected chi connectivity index (χ1v) is 8.02. The van der Waals surface area contributed by atoms with Crippen molar-refractivity contribution in [1.82, 2.24) is 9.80 Å². The molecule has 1 amide bonds. The van der Waals surface area contributed by atoms with Crippen LogP contribution in [0.3, 0.4) is 0 Å². The van der Waals surface area contributed by atoms with Crippen LogP contribution in [0.5, 0.6) is 5.75 Å². The maximum Gasteiger partial charge on any atom is 0.254 e. The molecule has 23 heavy (non-hydrogen) atoms. The van der Waals surface area contributed by atoms with Gasteiger partial charge in [0.1, 0.15) is 5.75 Å². The lowest BCUT2D eigenvalue weighted by atomic mass is 10.1. The van der Waals surface area contributed by atoms with Crippen molar-refractivity contribution in [3.8, 4) is 5.75 Å². The number of likely N-dealkylation sites (N-methyl/N-ethyl adjacent to an activating group) is 1. The Bertz CT molecular complexity index is 578. The topological polar surface area (TPSA) is 62.2 Å². The fourth-order valence-electron chi connectivity index (χ4n) is 3.27. The van der Waals surface area contributed by atoms with Crippen LogP contribution in [0.2, 0.25) is 0 Å². The monoisotopic (exact) mass is 320 g/mol. The number of fused-ring (bicyclic) bond motifs is 1. The van der Waals surface area contributed by atoms with E-state index in [1.54, 1.807) is 18.1 Å². The number of hydrogen-bond acceptors (Lipinski definition) is 5. The SMILES string of the molecule is COCCN(C)[C@@H]1CN(C(=O)c2ccc3c(c2)CCO3)C[C@H]1O. The van der Waals surface area contributed by atoms with E-state index >= 15 is 0 Å². The molecule has 0 unspecified atom stereocenters. The summed E-state index contributed by atoms with van der Waals surface area (Å²) in [6.45, 7) is 2.93.